The summed E-state index contributed by atoms with van der Waals surface area (Å²) in [6.07, 6.45) is 2.99. The molecule has 0 aromatic heterocycles. The Kier molecular flexibility index (Phi) is 8.71. The van der Waals surface area contributed by atoms with Crippen LogP contribution in [0.25, 0.3) is 0 Å². The van der Waals surface area contributed by atoms with Crippen LogP contribution in [0, 0.1) is 16.7 Å². The summed E-state index contributed by atoms with van der Waals surface area (Å²) in [4.78, 5) is 0. The van der Waals surface area contributed by atoms with Gasteiger partial charge in [-0.15, -0.1) is 0 Å². The van der Waals surface area contributed by atoms with Crippen molar-refractivity contribution in [3.63, 3.8) is 0 Å². The average molecular weight is 304 g/mol. The third-order valence-corrected chi connectivity index (χ3v) is 2.57. The van der Waals surface area contributed by atoms with Crippen molar-refractivity contribution in [1.82, 2.24) is 16.0 Å². The van der Waals surface area contributed by atoms with E-state index < -0.39 is 0 Å². The molecule has 0 aliphatic carbocycles. The predicted octanol–water partition coefficient (Wildman–Crippen LogP) is 1.62. The van der Waals surface area contributed by atoms with E-state index in [1.807, 2.05) is 6.20 Å². The molecule has 0 aromatic carbocycles. The second-order valence-electron chi connectivity index (χ2n) is 4.15. The number of hydrogen-bond donors (Lipinski definition) is 5. The van der Waals surface area contributed by atoms with Gasteiger partial charge in [0.1, 0.15) is 5.08 Å². The van der Waals surface area contributed by atoms with Crippen molar-refractivity contribution in [2.45, 2.75) is 25.8 Å². The third-order valence-electron chi connectivity index (χ3n) is 1.99. The Morgan fingerprint density at radius 2 is 2.06 bits per heavy atom. The van der Waals surface area contributed by atoms with Gasteiger partial charge in [-0.25, -0.2) is 0 Å². The normalized spacial score (nSPS) is 13.4. The molecule has 0 rings (SSSR count). The zero-order valence-electron chi connectivity index (χ0n) is 10.6. The van der Waals surface area contributed by atoms with Crippen molar-refractivity contribution in [2.75, 3.05) is 13.1 Å². The summed E-state index contributed by atoms with van der Waals surface area (Å²) in [7, 11) is 0. The van der Waals surface area contributed by atoms with Crippen LogP contribution in [0.15, 0.2) is 11.8 Å². The predicted molar refractivity (Wildman–Crippen MR) is 77.0 cm³/mol. The zero-order valence-corrected chi connectivity index (χ0v) is 12.2. The number of alkyl halides is 1. The second kappa shape index (κ2) is 9.18. The highest BCUT2D eigenvalue weighted by Crippen LogP contribution is 1.97. The summed E-state index contributed by atoms with van der Waals surface area (Å²) in [5.41, 5.74) is 1.44. The van der Waals surface area contributed by atoms with Crippen LogP contribution in [0.3, 0.4) is 0 Å². The summed E-state index contributed by atoms with van der Waals surface area (Å²) >= 11 is 3.32. The van der Waals surface area contributed by atoms with E-state index in [0.29, 0.717) is 18.2 Å². The smallest absolute Gasteiger partial charge is 0.135 e. The Bertz CT molecular complexity index is 275. The fraction of sp³-hybridized carbons (Fsp3) is 0.636. The highest BCUT2D eigenvalue weighted by molar-refractivity contribution is 9.09. The van der Waals surface area contributed by atoms with Gasteiger partial charge in [0.05, 0.1) is 6.34 Å². The minimum Gasteiger partial charge on any atom is -0.390 e. The lowest BCUT2D eigenvalue weighted by Crippen LogP contribution is -2.38. The van der Waals surface area contributed by atoms with Gasteiger partial charge in [-0.3, -0.25) is 10.7 Å². The minimum absolute atomic E-state index is 0.159. The molecule has 0 aliphatic heterocycles. The molecular formula is C11H22BrN5. The minimum atomic E-state index is -0.159. The van der Waals surface area contributed by atoms with Crippen LogP contribution in [-0.2, 0) is 0 Å². The average Bonchev–Trinajstić information content (AvgIpc) is 2.22. The van der Waals surface area contributed by atoms with Crippen molar-refractivity contribution in [2.24, 2.45) is 5.92 Å². The van der Waals surface area contributed by atoms with Gasteiger partial charge in [-0.2, -0.15) is 0 Å². The first-order chi connectivity index (χ1) is 7.97. The number of halogens is 1. The van der Waals surface area contributed by atoms with Crippen LogP contribution >= 0.6 is 15.9 Å². The molecule has 0 bridgehead atoms. The maximum atomic E-state index is 7.65. The quantitative estimate of drug-likeness (QED) is 0.148. The summed E-state index contributed by atoms with van der Waals surface area (Å²) in [6, 6.07) is 0. The molecule has 0 spiro atoms. The molecule has 5 nitrogen and oxygen atoms in total. The molecule has 0 aliphatic rings. The first-order valence-electron chi connectivity index (χ1n) is 5.57. The number of nitrogens with one attached hydrogen (secondary N) is 5. The van der Waals surface area contributed by atoms with E-state index >= 15 is 0 Å². The monoisotopic (exact) mass is 303 g/mol. The second-order valence-corrected chi connectivity index (χ2v) is 5.07. The van der Waals surface area contributed by atoms with Crippen LogP contribution in [0.2, 0.25) is 0 Å². The van der Waals surface area contributed by atoms with Crippen LogP contribution in [0.5, 0.6) is 0 Å². The van der Waals surface area contributed by atoms with E-state index in [9.17, 15) is 0 Å². The van der Waals surface area contributed by atoms with Gasteiger partial charge in [-0.1, -0.05) is 13.8 Å². The molecule has 0 aromatic rings. The van der Waals surface area contributed by atoms with Crippen molar-refractivity contribution < 1.29 is 0 Å². The van der Waals surface area contributed by atoms with Crippen molar-refractivity contribution in [3.8, 4) is 0 Å². The summed E-state index contributed by atoms with van der Waals surface area (Å²) in [5, 5.41) is 23.4. The van der Waals surface area contributed by atoms with Crippen molar-refractivity contribution >= 4 is 28.0 Å². The van der Waals surface area contributed by atoms with Gasteiger partial charge >= 0.3 is 0 Å². The van der Waals surface area contributed by atoms with E-state index in [2.05, 4.69) is 45.7 Å². The lowest BCUT2D eigenvalue weighted by Gasteiger charge is -2.14. The van der Waals surface area contributed by atoms with E-state index in [4.69, 9.17) is 10.8 Å². The number of rotatable bonds is 9. The van der Waals surface area contributed by atoms with Crippen molar-refractivity contribution in [1.29, 1.82) is 10.8 Å². The van der Waals surface area contributed by atoms with Gasteiger partial charge in [0.25, 0.3) is 0 Å². The molecule has 1 unspecified atom stereocenters. The molecule has 17 heavy (non-hydrogen) atoms. The summed E-state index contributed by atoms with van der Waals surface area (Å²) < 4.78 is 0. The molecule has 0 fully saturated rings. The topological polar surface area (TPSA) is 83.8 Å². The largest absolute Gasteiger partial charge is 0.390 e. The Hall–Kier alpha value is -0.880. The van der Waals surface area contributed by atoms with Crippen LogP contribution in [-0.4, -0.2) is 30.2 Å². The van der Waals surface area contributed by atoms with Crippen LogP contribution in [0.4, 0.5) is 0 Å². The maximum absolute atomic E-state index is 7.65. The van der Waals surface area contributed by atoms with Gasteiger partial charge in [0, 0.05) is 30.6 Å². The van der Waals surface area contributed by atoms with E-state index in [1.165, 1.54) is 0 Å². The van der Waals surface area contributed by atoms with Crippen LogP contribution in [0.1, 0.15) is 20.8 Å². The first kappa shape index (κ1) is 16.1. The Balaban J connectivity index is 4.15. The zero-order chi connectivity index (χ0) is 13.3. The fourth-order valence-corrected chi connectivity index (χ4v) is 1.34. The molecule has 1 atom stereocenters. The lowest BCUT2D eigenvalue weighted by molar-refractivity contribution is 0.607. The van der Waals surface area contributed by atoms with Gasteiger partial charge in [0.15, 0.2) is 0 Å². The number of hydrogen-bond acceptors (Lipinski definition) is 4. The maximum Gasteiger partial charge on any atom is 0.135 e. The molecule has 0 amide bonds. The van der Waals surface area contributed by atoms with E-state index in [-0.39, 0.29) is 5.08 Å². The summed E-state index contributed by atoms with van der Waals surface area (Å²) in [6.45, 7) is 7.50. The molecule has 5 N–H and O–H groups in total. The highest BCUT2D eigenvalue weighted by atomic mass is 79.9. The summed E-state index contributed by atoms with van der Waals surface area (Å²) in [5.74, 6) is 0.579. The van der Waals surface area contributed by atoms with Gasteiger partial charge in [0.2, 0.25) is 0 Å². The Labute approximate surface area is 112 Å². The van der Waals surface area contributed by atoms with Crippen molar-refractivity contribution in [3.05, 3.63) is 11.8 Å². The third kappa shape index (κ3) is 8.88. The van der Waals surface area contributed by atoms with Crippen LogP contribution < -0.4 is 16.0 Å². The van der Waals surface area contributed by atoms with E-state index in [1.54, 1.807) is 6.92 Å². The van der Waals surface area contributed by atoms with Gasteiger partial charge in [-0.05, 0) is 28.8 Å². The van der Waals surface area contributed by atoms with E-state index in [0.717, 1.165) is 18.5 Å². The fourth-order valence-electron chi connectivity index (χ4n) is 1.04. The standard InChI is InChI=1S/C11H22BrN5/c1-8(2)4-15-5-10(9(3)14)6-16-11(12)17-7-13/h5,7-8,11,14-16H,4,6H2,1-3H3,(H2,13,17)/b10-5-,14-9?. The lowest BCUT2D eigenvalue weighted by atomic mass is 10.2. The molecular weight excluding hydrogens is 282 g/mol. The Morgan fingerprint density at radius 1 is 1.41 bits per heavy atom. The first-order valence-corrected chi connectivity index (χ1v) is 6.49. The molecule has 0 radical (unpaired) electrons. The SMILES string of the molecule is CC(=N)/C(=C\NCC(C)C)CNC(Br)NC=N. The molecule has 98 valence electrons. The molecule has 6 heteroatoms. The Morgan fingerprint density at radius 3 is 2.53 bits per heavy atom. The van der Waals surface area contributed by atoms with Gasteiger partial charge < -0.3 is 16.0 Å². The molecule has 0 saturated heterocycles. The highest BCUT2D eigenvalue weighted by Gasteiger charge is 2.04. The molecule has 0 saturated carbocycles. The molecule has 0 heterocycles.